The van der Waals surface area contributed by atoms with Gasteiger partial charge in [0.2, 0.25) is 0 Å². The summed E-state index contributed by atoms with van der Waals surface area (Å²) in [6.45, 7) is 7.36. The third-order valence-electron chi connectivity index (χ3n) is 4.20. The fourth-order valence-corrected chi connectivity index (χ4v) is 3.84. The molecule has 0 aromatic rings. The standard InChI is InChI=1S/C12H22/c1-8-4-10(3)12-7-9(2)6-11(12)5-8/h8-12H,4-7H2,1-3H3. The molecule has 0 aliphatic heterocycles. The van der Waals surface area contributed by atoms with Crippen LogP contribution in [0.2, 0.25) is 0 Å². The van der Waals surface area contributed by atoms with Crippen LogP contribution in [-0.2, 0) is 0 Å². The van der Waals surface area contributed by atoms with Gasteiger partial charge >= 0.3 is 0 Å². The lowest BCUT2D eigenvalue weighted by atomic mass is 9.70. The van der Waals surface area contributed by atoms with Crippen LogP contribution in [0, 0.1) is 29.6 Å². The second kappa shape index (κ2) is 3.05. The maximum Gasteiger partial charge on any atom is -0.0357 e. The van der Waals surface area contributed by atoms with Crippen LogP contribution in [0.3, 0.4) is 0 Å². The van der Waals surface area contributed by atoms with Crippen LogP contribution in [0.1, 0.15) is 46.5 Å². The smallest absolute Gasteiger partial charge is 0.0357 e. The van der Waals surface area contributed by atoms with Gasteiger partial charge in [-0.1, -0.05) is 20.8 Å². The Hall–Kier alpha value is 0. The highest BCUT2D eigenvalue weighted by molar-refractivity contribution is 4.89. The Morgan fingerprint density at radius 1 is 0.750 bits per heavy atom. The van der Waals surface area contributed by atoms with Crippen molar-refractivity contribution in [3.05, 3.63) is 0 Å². The first-order valence-electron chi connectivity index (χ1n) is 5.66. The van der Waals surface area contributed by atoms with Gasteiger partial charge in [-0.2, -0.15) is 0 Å². The Balaban J connectivity index is 2.05. The lowest BCUT2D eigenvalue weighted by Gasteiger charge is -2.35. The van der Waals surface area contributed by atoms with Crippen LogP contribution < -0.4 is 0 Å². The van der Waals surface area contributed by atoms with E-state index in [0.29, 0.717) is 0 Å². The lowest BCUT2D eigenvalue weighted by Crippen LogP contribution is -2.26. The van der Waals surface area contributed by atoms with Crippen molar-refractivity contribution in [2.24, 2.45) is 29.6 Å². The van der Waals surface area contributed by atoms with Gasteiger partial charge in [-0.05, 0) is 55.3 Å². The van der Waals surface area contributed by atoms with Crippen LogP contribution >= 0.6 is 0 Å². The van der Waals surface area contributed by atoms with E-state index in [1.165, 1.54) is 25.7 Å². The number of hydrogen-bond acceptors (Lipinski definition) is 0. The molecule has 2 fully saturated rings. The van der Waals surface area contributed by atoms with E-state index in [-0.39, 0.29) is 0 Å². The van der Waals surface area contributed by atoms with Gasteiger partial charge < -0.3 is 0 Å². The van der Waals surface area contributed by atoms with Gasteiger partial charge in [0.1, 0.15) is 0 Å². The summed E-state index contributed by atoms with van der Waals surface area (Å²) >= 11 is 0. The molecule has 0 saturated heterocycles. The van der Waals surface area contributed by atoms with Crippen molar-refractivity contribution >= 4 is 0 Å². The van der Waals surface area contributed by atoms with Gasteiger partial charge in [0, 0.05) is 0 Å². The van der Waals surface area contributed by atoms with E-state index in [1.807, 2.05) is 0 Å². The minimum atomic E-state index is 1.01. The summed E-state index contributed by atoms with van der Waals surface area (Å²) in [7, 11) is 0. The summed E-state index contributed by atoms with van der Waals surface area (Å²) in [6.07, 6.45) is 6.07. The van der Waals surface area contributed by atoms with Crippen LogP contribution in [0.5, 0.6) is 0 Å². The molecule has 0 aromatic carbocycles. The Kier molecular flexibility index (Phi) is 2.18. The number of hydrogen-bond donors (Lipinski definition) is 0. The second-order valence-electron chi connectivity index (χ2n) is 5.55. The third kappa shape index (κ3) is 1.41. The normalized spacial score (nSPS) is 53.8. The molecule has 0 heterocycles. The average Bonchev–Trinajstić information content (AvgIpc) is 2.29. The van der Waals surface area contributed by atoms with E-state index >= 15 is 0 Å². The fraction of sp³-hybridized carbons (Fsp3) is 1.00. The predicted molar refractivity (Wildman–Crippen MR) is 52.9 cm³/mol. The SMILES string of the molecule is CC1CC(C)C2CC(C)CC2C1. The summed E-state index contributed by atoms with van der Waals surface area (Å²) < 4.78 is 0. The first-order chi connectivity index (χ1) is 5.66. The molecule has 2 rings (SSSR count). The van der Waals surface area contributed by atoms with Gasteiger partial charge in [-0.3, -0.25) is 0 Å². The topological polar surface area (TPSA) is 0 Å². The summed E-state index contributed by atoms with van der Waals surface area (Å²) in [4.78, 5) is 0. The monoisotopic (exact) mass is 166 g/mol. The van der Waals surface area contributed by atoms with Gasteiger partial charge in [0.15, 0.2) is 0 Å². The number of rotatable bonds is 0. The minimum Gasteiger partial charge on any atom is -0.0625 e. The second-order valence-corrected chi connectivity index (χ2v) is 5.55. The van der Waals surface area contributed by atoms with Crippen molar-refractivity contribution in [3.8, 4) is 0 Å². The average molecular weight is 166 g/mol. The molecule has 0 radical (unpaired) electrons. The molecule has 0 spiro atoms. The van der Waals surface area contributed by atoms with E-state index in [0.717, 1.165) is 29.6 Å². The molecule has 12 heavy (non-hydrogen) atoms. The van der Waals surface area contributed by atoms with Crippen molar-refractivity contribution in [1.82, 2.24) is 0 Å². The summed E-state index contributed by atoms with van der Waals surface area (Å²) in [5.74, 6) is 5.23. The zero-order chi connectivity index (χ0) is 8.72. The largest absolute Gasteiger partial charge is 0.0625 e. The molecule has 2 aliphatic rings. The quantitative estimate of drug-likeness (QED) is 0.514. The molecule has 0 amide bonds. The summed E-state index contributed by atoms with van der Waals surface area (Å²) in [5.41, 5.74) is 0. The predicted octanol–water partition coefficient (Wildman–Crippen LogP) is 3.71. The van der Waals surface area contributed by atoms with E-state index < -0.39 is 0 Å². The first kappa shape index (κ1) is 8.59. The molecule has 2 aliphatic carbocycles. The van der Waals surface area contributed by atoms with E-state index in [4.69, 9.17) is 0 Å². The Bertz CT molecular complexity index is 161. The van der Waals surface area contributed by atoms with Crippen molar-refractivity contribution in [1.29, 1.82) is 0 Å². The van der Waals surface area contributed by atoms with Crippen LogP contribution in [0.15, 0.2) is 0 Å². The molecule has 0 nitrogen and oxygen atoms in total. The fourth-order valence-electron chi connectivity index (χ4n) is 3.84. The maximum absolute atomic E-state index is 2.48. The van der Waals surface area contributed by atoms with E-state index in [2.05, 4.69) is 20.8 Å². The maximum atomic E-state index is 2.48. The molecule has 0 heteroatoms. The van der Waals surface area contributed by atoms with Gasteiger partial charge in [0.05, 0.1) is 0 Å². The van der Waals surface area contributed by atoms with Gasteiger partial charge in [-0.25, -0.2) is 0 Å². The van der Waals surface area contributed by atoms with Gasteiger partial charge in [0.25, 0.3) is 0 Å². The van der Waals surface area contributed by atoms with Crippen molar-refractivity contribution in [2.75, 3.05) is 0 Å². The molecule has 2 saturated carbocycles. The Labute approximate surface area is 76.7 Å². The third-order valence-corrected chi connectivity index (χ3v) is 4.20. The van der Waals surface area contributed by atoms with Crippen LogP contribution in [0.4, 0.5) is 0 Å². The minimum absolute atomic E-state index is 1.01. The van der Waals surface area contributed by atoms with E-state index in [9.17, 15) is 0 Å². The van der Waals surface area contributed by atoms with Crippen molar-refractivity contribution < 1.29 is 0 Å². The van der Waals surface area contributed by atoms with Crippen molar-refractivity contribution in [2.45, 2.75) is 46.5 Å². The lowest BCUT2D eigenvalue weighted by molar-refractivity contribution is 0.151. The van der Waals surface area contributed by atoms with Crippen molar-refractivity contribution in [3.63, 3.8) is 0 Å². The van der Waals surface area contributed by atoms with Gasteiger partial charge in [-0.15, -0.1) is 0 Å². The molecule has 0 aromatic heterocycles. The molecule has 70 valence electrons. The molecular weight excluding hydrogens is 144 g/mol. The molecular formula is C12H22. The summed E-state index contributed by atoms with van der Waals surface area (Å²) in [5, 5.41) is 0. The van der Waals surface area contributed by atoms with E-state index in [1.54, 1.807) is 0 Å². The molecule has 0 N–H and O–H groups in total. The Morgan fingerprint density at radius 2 is 1.33 bits per heavy atom. The van der Waals surface area contributed by atoms with Crippen LogP contribution in [0.25, 0.3) is 0 Å². The zero-order valence-corrected chi connectivity index (χ0v) is 8.72. The van der Waals surface area contributed by atoms with Crippen LogP contribution in [-0.4, -0.2) is 0 Å². The molecule has 0 bridgehead atoms. The Morgan fingerprint density at radius 3 is 2.00 bits per heavy atom. The number of fused-ring (bicyclic) bond motifs is 1. The molecule has 5 unspecified atom stereocenters. The summed E-state index contributed by atoms with van der Waals surface area (Å²) in [6, 6.07) is 0. The highest BCUT2D eigenvalue weighted by Gasteiger charge is 2.39. The highest BCUT2D eigenvalue weighted by Crippen LogP contribution is 2.49. The highest BCUT2D eigenvalue weighted by atomic mass is 14.4. The first-order valence-corrected chi connectivity index (χ1v) is 5.66. The zero-order valence-electron chi connectivity index (χ0n) is 8.72. The molecule has 5 atom stereocenters.